The Labute approximate surface area is 132 Å². The molecule has 0 bridgehead atoms. The van der Waals surface area contributed by atoms with Crippen LogP contribution in [0, 0.1) is 0 Å². The van der Waals surface area contributed by atoms with E-state index in [1.54, 1.807) is 6.07 Å². The molecule has 0 aliphatic heterocycles. The van der Waals surface area contributed by atoms with Crippen molar-refractivity contribution in [3.8, 4) is 11.4 Å². The van der Waals surface area contributed by atoms with Crippen molar-refractivity contribution in [2.45, 2.75) is 26.3 Å². The Morgan fingerprint density at radius 2 is 2.00 bits per heavy atom. The van der Waals surface area contributed by atoms with Gasteiger partial charge < -0.3 is 0 Å². The van der Waals surface area contributed by atoms with Gasteiger partial charge in [-0.05, 0) is 28.1 Å². The lowest BCUT2D eigenvalue weighted by atomic mass is 10.0. The zero-order valence-electron chi connectivity index (χ0n) is 12.4. The Morgan fingerprint density at radius 1 is 1.23 bits per heavy atom. The second-order valence-corrected chi connectivity index (χ2v) is 6.27. The van der Waals surface area contributed by atoms with Gasteiger partial charge in [-0.25, -0.2) is 0 Å². The zero-order valence-corrected chi connectivity index (χ0v) is 13.2. The summed E-state index contributed by atoms with van der Waals surface area (Å²) in [4.78, 5) is 14.1. The second-order valence-electron chi connectivity index (χ2n) is 5.32. The Bertz CT molecular complexity index is 760. The topological polar surface area (TPSA) is 60.7 Å². The standard InChI is InChI=1S/C16H16N4OS/c1-11(2)12-5-7-13(8-6-12)16-17-19-20(18-16)10-14(21)15-4-3-9-22-15/h3-9,11H,10H2,1-2H3. The predicted octanol–water partition coefficient (Wildman–Crippen LogP) is 3.41. The van der Waals surface area contributed by atoms with Crippen molar-refractivity contribution in [2.24, 2.45) is 0 Å². The molecular weight excluding hydrogens is 296 g/mol. The molecule has 0 aliphatic rings. The molecule has 0 spiro atoms. The molecule has 0 aliphatic carbocycles. The summed E-state index contributed by atoms with van der Waals surface area (Å²) in [6.45, 7) is 4.41. The summed E-state index contributed by atoms with van der Waals surface area (Å²) in [5.41, 5.74) is 2.17. The van der Waals surface area contributed by atoms with E-state index in [9.17, 15) is 4.79 Å². The Morgan fingerprint density at radius 3 is 2.64 bits per heavy atom. The monoisotopic (exact) mass is 312 g/mol. The van der Waals surface area contributed by atoms with E-state index in [-0.39, 0.29) is 12.3 Å². The van der Waals surface area contributed by atoms with Crippen LogP contribution in [-0.4, -0.2) is 26.0 Å². The van der Waals surface area contributed by atoms with E-state index in [0.717, 1.165) is 5.56 Å². The quantitative estimate of drug-likeness (QED) is 0.677. The van der Waals surface area contributed by atoms with Gasteiger partial charge in [0, 0.05) is 5.56 Å². The van der Waals surface area contributed by atoms with Gasteiger partial charge >= 0.3 is 0 Å². The van der Waals surface area contributed by atoms with Crippen LogP contribution in [-0.2, 0) is 6.54 Å². The Balaban J connectivity index is 1.74. The maximum atomic E-state index is 12.0. The molecule has 5 nitrogen and oxygen atoms in total. The van der Waals surface area contributed by atoms with Crippen molar-refractivity contribution in [3.05, 3.63) is 52.2 Å². The molecule has 3 aromatic rings. The first-order valence-electron chi connectivity index (χ1n) is 7.08. The third-order valence-corrected chi connectivity index (χ3v) is 4.28. The smallest absolute Gasteiger partial charge is 0.204 e. The molecule has 2 aromatic heterocycles. The van der Waals surface area contributed by atoms with E-state index in [0.29, 0.717) is 16.6 Å². The maximum absolute atomic E-state index is 12.0. The number of tetrazole rings is 1. The summed E-state index contributed by atoms with van der Waals surface area (Å²) in [6.07, 6.45) is 0. The lowest BCUT2D eigenvalue weighted by Crippen LogP contribution is -2.12. The lowest BCUT2D eigenvalue weighted by molar-refractivity contribution is 0.0965. The number of carbonyl (C=O) groups excluding carboxylic acids is 1. The molecule has 0 amide bonds. The normalized spacial score (nSPS) is 11.0. The zero-order chi connectivity index (χ0) is 15.5. The number of rotatable bonds is 5. The predicted molar refractivity (Wildman–Crippen MR) is 86.0 cm³/mol. The molecule has 0 N–H and O–H groups in total. The van der Waals surface area contributed by atoms with Crippen LogP contribution in [0.2, 0.25) is 0 Å². The molecule has 22 heavy (non-hydrogen) atoms. The molecule has 0 unspecified atom stereocenters. The van der Waals surface area contributed by atoms with Crippen molar-refractivity contribution in [1.29, 1.82) is 0 Å². The number of thiophene rings is 1. The summed E-state index contributed by atoms with van der Waals surface area (Å²) < 4.78 is 0. The number of aromatic nitrogens is 4. The van der Waals surface area contributed by atoms with E-state index in [1.165, 1.54) is 21.7 Å². The summed E-state index contributed by atoms with van der Waals surface area (Å²) in [7, 11) is 0. The Hall–Kier alpha value is -2.34. The molecule has 0 atom stereocenters. The molecule has 112 valence electrons. The van der Waals surface area contributed by atoms with Gasteiger partial charge in [-0.1, -0.05) is 44.2 Å². The molecular formula is C16H16N4OS. The number of ketones is 1. The van der Waals surface area contributed by atoms with Crippen LogP contribution in [0.3, 0.4) is 0 Å². The number of Topliss-reactive ketones (excluding diaryl/α,β-unsaturated/α-hetero) is 1. The van der Waals surface area contributed by atoms with Gasteiger partial charge in [-0.3, -0.25) is 4.79 Å². The highest BCUT2D eigenvalue weighted by molar-refractivity contribution is 7.12. The first-order valence-corrected chi connectivity index (χ1v) is 7.96. The molecule has 0 fully saturated rings. The van der Waals surface area contributed by atoms with Gasteiger partial charge in [0.1, 0.15) is 6.54 Å². The van der Waals surface area contributed by atoms with Gasteiger partial charge in [0.05, 0.1) is 4.88 Å². The SMILES string of the molecule is CC(C)c1ccc(-c2nnn(CC(=O)c3cccs3)n2)cc1. The fourth-order valence-electron chi connectivity index (χ4n) is 2.09. The van der Waals surface area contributed by atoms with E-state index >= 15 is 0 Å². The van der Waals surface area contributed by atoms with Gasteiger partial charge in [0.15, 0.2) is 5.78 Å². The Kier molecular flexibility index (Phi) is 4.11. The molecule has 0 radical (unpaired) electrons. The number of hydrogen-bond donors (Lipinski definition) is 0. The lowest BCUT2D eigenvalue weighted by Gasteiger charge is -2.04. The minimum atomic E-state index is -0.00546. The second kappa shape index (κ2) is 6.19. The minimum Gasteiger partial charge on any atom is -0.291 e. The third-order valence-electron chi connectivity index (χ3n) is 3.37. The molecule has 6 heteroatoms. The van der Waals surface area contributed by atoms with Crippen LogP contribution in [0.5, 0.6) is 0 Å². The average molecular weight is 312 g/mol. The number of benzene rings is 1. The first kappa shape index (κ1) is 14.6. The average Bonchev–Trinajstić information content (AvgIpc) is 3.19. The minimum absolute atomic E-state index is 0.00546. The third kappa shape index (κ3) is 3.12. The fraction of sp³-hybridized carbons (Fsp3) is 0.250. The van der Waals surface area contributed by atoms with Crippen LogP contribution in [0.4, 0.5) is 0 Å². The summed E-state index contributed by atoms with van der Waals surface area (Å²) in [6, 6.07) is 11.8. The number of nitrogens with zero attached hydrogens (tertiary/aromatic N) is 4. The van der Waals surface area contributed by atoms with Crippen LogP contribution < -0.4 is 0 Å². The van der Waals surface area contributed by atoms with Crippen molar-refractivity contribution in [1.82, 2.24) is 20.2 Å². The largest absolute Gasteiger partial charge is 0.291 e. The van der Waals surface area contributed by atoms with Gasteiger partial charge in [-0.15, -0.1) is 21.5 Å². The van der Waals surface area contributed by atoms with Crippen molar-refractivity contribution in [2.75, 3.05) is 0 Å². The van der Waals surface area contributed by atoms with E-state index < -0.39 is 0 Å². The van der Waals surface area contributed by atoms with Gasteiger partial charge in [-0.2, -0.15) is 4.80 Å². The molecule has 1 aromatic carbocycles. The van der Waals surface area contributed by atoms with Gasteiger partial charge in [0.2, 0.25) is 5.82 Å². The van der Waals surface area contributed by atoms with Crippen molar-refractivity contribution in [3.63, 3.8) is 0 Å². The van der Waals surface area contributed by atoms with E-state index in [2.05, 4.69) is 41.4 Å². The van der Waals surface area contributed by atoms with E-state index in [4.69, 9.17) is 0 Å². The molecule has 0 saturated heterocycles. The number of carbonyl (C=O) groups is 1. The first-order chi connectivity index (χ1) is 10.6. The highest BCUT2D eigenvalue weighted by Gasteiger charge is 2.12. The van der Waals surface area contributed by atoms with Crippen LogP contribution in [0.25, 0.3) is 11.4 Å². The van der Waals surface area contributed by atoms with Crippen LogP contribution in [0.15, 0.2) is 41.8 Å². The van der Waals surface area contributed by atoms with Crippen LogP contribution in [0.1, 0.15) is 35.0 Å². The molecule has 2 heterocycles. The number of hydrogen-bond acceptors (Lipinski definition) is 5. The summed E-state index contributed by atoms with van der Waals surface area (Å²) in [5.74, 6) is 1.02. The van der Waals surface area contributed by atoms with Crippen LogP contribution >= 0.6 is 11.3 Å². The van der Waals surface area contributed by atoms with Crippen molar-refractivity contribution < 1.29 is 4.79 Å². The highest BCUT2D eigenvalue weighted by Crippen LogP contribution is 2.19. The highest BCUT2D eigenvalue weighted by atomic mass is 32.1. The maximum Gasteiger partial charge on any atom is 0.204 e. The summed E-state index contributed by atoms with van der Waals surface area (Å²) >= 11 is 1.42. The van der Waals surface area contributed by atoms with Gasteiger partial charge in [0.25, 0.3) is 0 Å². The molecule has 0 saturated carbocycles. The van der Waals surface area contributed by atoms with Crippen molar-refractivity contribution >= 4 is 17.1 Å². The molecule has 3 rings (SSSR count). The van der Waals surface area contributed by atoms with E-state index in [1.807, 2.05) is 23.6 Å². The summed E-state index contributed by atoms with van der Waals surface area (Å²) in [5, 5.41) is 14.1. The fourth-order valence-corrected chi connectivity index (χ4v) is 2.74.